The lowest BCUT2D eigenvalue weighted by Gasteiger charge is -2.08. The summed E-state index contributed by atoms with van der Waals surface area (Å²) in [6.45, 7) is 1.83. The molecule has 31 heavy (non-hydrogen) atoms. The second kappa shape index (κ2) is 8.11. The van der Waals surface area contributed by atoms with E-state index in [0.717, 1.165) is 11.6 Å². The number of hydrogen-bond donors (Lipinski definition) is 0. The SMILES string of the molecule is Cc1ccc2oc(-c3ccco3)c(OC(=O)/C=C/c3cccc([N+](=O)[O-])c3)c(=O)c2c1. The van der Waals surface area contributed by atoms with E-state index in [0.29, 0.717) is 11.1 Å². The highest BCUT2D eigenvalue weighted by Gasteiger charge is 2.21. The number of hydrogen-bond acceptors (Lipinski definition) is 7. The maximum atomic E-state index is 13.0. The lowest BCUT2D eigenvalue weighted by atomic mass is 10.1. The van der Waals surface area contributed by atoms with Crippen LogP contribution < -0.4 is 10.2 Å². The third-order valence-corrected chi connectivity index (χ3v) is 4.44. The van der Waals surface area contributed by atoms with Crippen molar-refractivity contribution < 1.29 is 23.3 Å². The van der Waals surface area contributed by atoms with E-state index in [2.05, 4.69) is 0 Å². The molecule has 0 N–H and O–H groups in total. The molecule has 0 atom stereocenters. The Morgan fingerprint density at radius 2 is 1.97 bits per heavy atom. The molecule has 2 aromatic heterocycles. The summed E-state index contributed by atoms with van der Waals surface area (Å²) in [7, 11) is 0. The summed E-state index contributed by atoms with van der Waals surface area (Å²) in [6.07, 6.45) is 3.84. The Morgan fingerprint density at radius 1 is 1.13 bits per heavy atom. The fraction of sp³-hybridized carbons (Fsp3) is 0.0435. The molecule has 0 aliphatic carbocycles. The van der Waals surface area contributed by atoms with Gasteiger partial charge in [0.2, 0.25) is 16.9 Å². The van der Waals surface area contributed by atoms with Crippen LogP contribution in [0.2, 0.25) is 0 Å². The van der Waals surface area contributed by atoms with Gasteiger partial charge in [-0.15, -0.1) is 0 Å². The molecule has 0 aliphatic rings. The van der Waals surface area contributed by atoms with E-state index in [4.69, 9.17) is 13.6 Å². The summed E-state index contributed by atoms with van der Waals surface area (Å²) in [4.78, 5) is 35.8. The van der Waals surface area contributed by atoms with Gasteiger partial charge in [-0.1, -0.05) is 23.8 Å². The Balaban J connectivity index is 1.71. The normalized spacial score (nSPS) is 11.1. The highest BCUT2D eigenvalue weighted by Crippen LogP contribution is 2.31. The van der Waals surface area contributed by atoms with E-state index in [-0.39, 0.29) is 28.3 Å². The van der Waals surface area contributed by atoms with Crippen molar-refractivity contribution >= 4 is 28.7 Å². The van der Waals surface area contributed by atoms with Crippen LogP contribution in [0.5, 0.6) is 5.75 Å². The number of non-ortho nitro benzene ring substituents is 1. The number of benzene rings is 2. The van der Waals surface area contributed by atoms with E-state index in [1.807, 2.05) is 6.92 Å². The summed E-state index contributed by atoms with van der Waals surface area (Å²) < 4.78 is 16.5. The van der Waals surface area contributed by atoms with Gasteiger partial charge < -0.3 is 13.6 Å². The molecule has 0 amide bonds. The molecule has 0 saturated heterocycles. The van der Waals surface area contributed by atoms with Gasteiger partial charge in [0, 0.05) is 18.2 Å². The van der Waals surface area contributed by atoms with Gasteiger partial charge in [-0.05, 0) is 42.8 Å². The maximum absolute atomic E-state index is 13.0. The first-order valence-electron chi connectivity index (χ1n) is 9.18. The number of ether oxygens (including phenoxy) is 1. The molecule has 0 fully saturated rings. The van der Waals surface area contributed by atoms with Crippen molar-refractivity contribution in [3.05, 3.63) is 98.4 Å². The van der Waals surface area contributed by atoms with Crippen LogP contribution in [0, 0.1) is 17.0 Å². The van der Waals surface area contributed by atoms with Crippen LogP contribution in [0.15, 0.2) is 80.6 Å². The fourth-order valence-electron chi connectivity index (χ4n) is 3.00. The van der Waals surface area contributed by atoms with Gasteiger partial charge in [0.25, 0.3) is 5.69 Å². The van der Waals surface area contributed by atoms with E-state index < -0.39 is 16.3 Å². The molecular formula is C23H15NO7. The minimum absolute atomic E-state index is 0.0107. The first kappa shape index (κ1) is 19.8. The van der Waals surface area contributed by atoms with Crippen molar-refractivity contribution in [1.29, 1.82) is 0 Å². The standard InChI is InChI=1S/C23H15NO7/c1-14-7-9-18-17(12-14)21(26)23(22(30-18)19-6-3-11-29-19)31-20(25)10-8-15-4-2-5-16(13-15)24(27)28/h2-13H,1H3/b10-8+. The number of carbonyl (C=O) groups excluding carboxylic acids is 1. The lowest BCUT2D eigenvalue weighted by Crippen LogP contribution is -2.14. The third-order valence-electron chi connectivity index (χ3n) is 4.44. The number of nitro groups is 1. The quantitative estimate of drug-likeness (QED) is 0.197. The Hall–Kier alpha value is -4.46. The van der Waals surface area contributed by atoms with Gasteiger partial charge in [-0.2, -0.15) is 0 Å². The molecule has 8 heteroatoms. The topological polar surface area (TPSA) is 113 Å². The largest absolute Gasteiger partial charge is 0.461 e. The lowest BCUT2D eigenvalue weighted by molar-refractivity contribution is -0.384. The van der Waals surface area contributed by atoms with Crippen molar-refractivity contribution in [1.82, 2.24) is 0 Å². The average molecular weight is 417 g/mol. The highest BCUT2D eigenvalue weighted by atomic mass is 16.6. The summed E-state index contributed by atoms with van der Waals surface area (Å²) in [5.74, 6) is -0.936. The number of furan rings is 1. The minimum atomic E-state index is -0.849. The van der Waals surface area contributed by atoms with Crippen molar-refractivity contribution in [3.8, 4) is 17.3 Å². The highest BCUT2D eigenvalue weighted by molar-refractivity contribution is 5.91. The number of carbonyl (C=O) groups is 1. The number of esters is 1. The molecule has 154 valence electrons. The molecule has 0 saturated carbocycles. The van der Waals surface area contributed by atoms with Crippen LogP contribution in [-0.2, 0) is 4.79 Å². The van der Waals surface area contributed by atoms with Gasteiger partial charge in [0.05, 0.1) is 16.6 Å². The average Bonchev–Trinajstić information content (AvgIpc) is 3.29. The first-order valence-corrected chi connectivity index (χ1v) is 9.18. The molecule has 0 spiro atoms. The molecule has 2 aromatic carbocycles. The van der Waals surface area contributed by atoms with Gasteiger partial charge in [-0.25, -0.2) is 4.79 Å². The number of rotatable bonds is 5. The summed E-state index contributed by atoms with van der Waals surface area (Å²) in [6, 6.07) is 14.0. The molecular weight excluding hydrogens is 402 g/mol. The number of nitrogens with zero attached hydrogens (tertiary/aromatic N) is 1. The smallest absolute Gasteiger partial charge is 0.336 e. The van der Waals surface area contributed by atoms with Crippen molar-refractivity contribution in [3.63, 3.8) is 0 Å². The first-order chi connectivity index (χ1) is 14.9. The van der Waals surface area contributed by atoms with Gasteiger partial charge in [0.15, 0.2) is 5.76 Å². The predicted octanol–water partition coefficient (Wildman–Crippen LogP) is 4.89. The molecule has 4 aromatic rings. The molecule has 0 radical (unpaired) electrons. The van der Waals surface area contributed by atoms with E-state index in [9.17, 15) is 19.7 Å². The summed E-state index contributed by atoms with van der Waals surface area (Å²) in [5, 5.41) is 11.2. The molecule has 2 heterocycles. The Kier molecular flexibility index (Phi) is 5.19. The van der Waals surface area contributed by atoms with Gasteiger partial charge in [0.1, 0.15) is 5.58 Å². The van der Waals surface area contributed by atoms with Crippen LogP contribution >= 0.6 is 0 Å². The van der Waals surface area contributed by atoms with E-state index >= 15 is 0 Å². The van der Waals surface area contributed by atoms with Crippen LogP contribution in [0.3, 0.4) is 0 Å². The molecule has 0 aliphatic heterocycles. The van der Waals surface area contributed by atoms with E-state index in [1.165, 1.54) is 30.5 Å². The van der Waals surface area contributed by atoms with Gasteiger partial charge >= 0.3 is 5.97 Å². The minimum Gasteiger partial charge on any atom is -0.461 e. The zero-order valence-corrected chi connectivity index (χ0v) is 16.2. The maximum Gasteiger partial charge on any atom is 0.336 e. The fourth-order valence-corrected chi connectivity index (χ4v) is 3.00. The van der Waals surface area contributed by atoms with Gasteiger partial charge in [-0.3, -0.25) is 14.9 Å². The predicted molar refractivity (Wildman–Crippen MR) is 113 cm³/mol. The number of fused-ring (bicyclic) bond motifs is 1. The summed E-state index contributed by atoms with van der Waals surface area (Å²) >= 11 is 0. The van der Waals surface area contributed by atoms with Crippen molar-refractivity contribution in [2.45, 2.75) is 6.92 Å². The zero-order valence-electron chi connectivity index (χ0n) is 16.2. The van der Waals surface area contributed by atoms with Crippen LogP contribution in [0.1, 0.15) is 11.1 Å². The Bertz CT molecular complexity index is 1380. The van der Waals surface area contributed by atoms with Crippen LogP contribution in [-0.4, -0.2) is 10.9 Å². The van der Waals surface area contributed by atoms with E-state index in [1.54, 1.807) is 36.4 Å². The number of nitro benzene ring substituents is 1. The molecule has 8 nitrogen and oxygen atoms in total. The monoisotopic (exact) mass is 417 g/mol. The molecule has 0 unspecified atom stereocenters. The number of aryl methyl sites for hydroxylation is 1. The van der Waals surface area contributed by atoms with Crippen LogP contribution in [0.4, 0.5) is 5.69 Å². The zero-order chi connectivity index (χ0) is 22.0. The van der Waals surface area contributed by atoms with Crippen molar-refractivity contribution in [2.24, 2.45) is 0 Å². The van der Waals surface area contributed by atoms with Crippen molar-refractivity contribution in [2.75, 3.05) is 0 Å². The Labute approximate surface area is 175 Å². The van der Waals surface area contributed by atoms with Crippen LogP contribution in [0.25, 0.3) is 28.6 Å². The Morgan fingerprint density at radius 3 is 2.71 bits per heavy atom. The second-order valence-corrected chi connectivity index (χ2v) is 6.67. The summed E-state index contributed by atoms with van der Waals surface area (Å²) in [5.41, 5.74) is 0.968. The molecule has 0 bridgehead atoms. The second-order valence-electron chi connectivity index (χ2n) is 6.67. The molecule has 4 rings (SSSR count). The third kappa shape index (κ3) is 4.13.